The lowest BCUT2D eigenvalue weighted by molar-refractivity contribution is 1.01. The maximum atomic E-state index is 5.39. The molecule has 0 saturated heterocycles. The van der Waals surface area contributed by atoms with Crippen molar-refractivity contribution in [3.63, 3.8) is 0 Å². The van der Waals surface area contributed by atoms with Crippen LogP contribution in [0.4, 0.5) is 0 Å². The molecular formula is C48H30N4. The molecule has 0 fully saturated rings. The summed E-state index contributed by atoms with van der Waals surface area (Å²) < 4.78 is 4.66. The van der Waals surface area contributed by atoms with Gasteiger partial charge in [-0.3, -0.25) is 4.57 Å². The van der Waals surface area contributed by atoms with Crippen LogP contribution in [0.25, 0.3) is 99.3 Å². The molecule has 11 rings (SSSR count). The molecule has 4 heteroatoms. The molecule has 0 atom stereocenters. The average molecular weight is 663 g/mol. The molecule has 242 valence electrons. The molecule has 0 amide bonds. The zero-order chi connectivity index (χ0) is 34.2. The van der Waals surface area contributed by atoms with E-state index in [-0.39, 0.29) is 0 Å². The van der Waals surface area contributed by atoms with Crippen LogP contribution in [0.15, 0.2) is 182 Å². The number of fused-ring (bicyclic) bond motifs is 9. The number of para-hydroxylation sites is 3. The Balaban J connectivity index is 1.18. The monoisotopic (exact) mass is 662 g/mol. The molecule has 0 unspecified atom stereocenters. The topological polar surface area (TPSA) is 35.6 Å². The molecule has 0 aliphatic carbocycles. The van der Waals surface area contributed by atoms with Crippen LogP contribution in [-0.2, 0) is 0 Å². The van der Waals surface area contributed by atoms with Gasteiger partial charge in [0.25, 0.3) is 0 Å². The fraction of sp³-hybridized carbons (Fsp3) is 0. The summed E-state index contributed by atoms with van der Waals surface area (Å²) in [6.07, 6.45) is 0. The summed E-state index contributed by atoms with van der Waals surface area (Å²) in [4.78, 5) is 10.6. The Labute approximate surface area is 299 Å². The number of nitrogens with zero attached hydrogens (tertiary/aromatic N) is 4. The van der Waals surface area contributed by atoms with Crippen LogP contribution < -0.4 is 0 Å². The van der Waals surface area contributed by atoms with Gasteiger partial charge in [-0.05, 0) is 64.4 Å². The summed E-state index contributed by atoms with van der Waals surface area (Å²) in [6, 6.07) is 64.8. The van der Waals surface area contributed by atoms with Crippen molar-refractivity contribution in [3.8, 4) is 34.0 Å². The van der Waals surface area contributed by atoms with E-state index in [0.29, 0.717) is 5.95 Å². The maximum Gasteiger partial charge on any atom is 0.235 e. The van der Waals surface area contributed by atoms with Crippen molar-refractivity contribution >= 4 is 65.3 Å². The molecular weight excluding hydrogens is 633 g/mol. The second kappa shape index (κ2) is 11.2. The fourth-order valence-electron chi connectivity index (χ4n) is 8.16. The molecule has 4 nitrogen and oxygen atoms in total. The van der Waals surface area contributed by atoms with Crippen LogP contribution >= 0.6 is 0 Å². The van der Waals surface area contributed by atoms with Crippen molar-refractivity contribution in [2.24, 2.45) is 0 Å². The second-order valence-electron chi connectivity index (χ2n) is 13.4. The first-order valence-corrected chi connectivity index (χ1v) is 17.7. The molecule has 0 radical (unpaired) electrons. The van der Waals surface area contributed by atoms with E-state index in [0.717, 1.165) is 38.9 Å². The zero-order valence-electron chi connectivity index (χ0n) is 28.1. The largest absolute Gasteiger partial charge is 0.309 e. The highest BCUT2D eigenvalue weighted by Gasteiger charge is 2.22. The summed E-state index contributed by atoms with van der Waals surface area (Å²) in [5.41, 5.74) is 10.9. The quantitative estimate of drug-likeness (QED) is 0.188. The molecule has 8 aromatic carbocycles. The average Bonchev–Trinajstić information content (AvgIpc) is 3.73. The van der Waals surface area contributed by atoms with Gasteiger partial charge in [0.05, 0.1) is 33.3 Å². The van der Waals surface area contributed by atoms with E-state index in [1.54, 1.807) is 0 Å². The minimum absolute atomic E-state index is 0.657. The number of hydrogen-bond donors (Lipinski definition) is 0. The number of aromatic nitrogens is 4. The van der Waals surface area contributed by atoms with Crippen LogP contribution in [0.2, 0.25) is 0 Å². The number of benzene rings is 8. The minimum Gasteiger partial charge on any atom is -0.309 e. The molecule has 0 aliphatic rings. The van der Waals surface area contributed by atoms with E-state index in [2.05, 4.69) is 191 Å². The molecule has 0 bridgehead atoms. The third-order valence-corrected chi connectivity index (χ3v) is 10.5. The first-order valence-electron chi connectivity index (χ1n) is 17.7. The van der Waals surface area contributed by atoms with Gasteiger partial charge in [0.2, 0.25) is 5.95 Å². The Morgan fingerprint density at radius 3 is 1.65 bits per heavy atom. The first-order chi connectivity index (χ1) is 25.8. The SMILES string of the molecule is c1ccc(-c2ccc(-c3nc(-n4c5ccccc5c5c6c7ccccc7n(-c7ccc8ccccc8c7)c6ccc54)nc4ccccc34)cc2)cc1. The van der Waals surface area contributed by atoms with E-state index in [4.69, 9.17) is 9.97 Å². The van der Waals surface area contributed by atoms with Crippen molar-refractivity contribution in [1.29, 1.82) is 0 Å². The minimum atomic E-state index is 0.657. The highest BCUT2D eigenvalue weighted by molar-refractivity contribution is 6.28. The Morgan fingerprint density at radius 1 is 0.346 bits per heavy atom. The Bertz CT molecular complexity index is 3170. The maximum absolute atomic E-state index is 5.39. The molecule has 0 aliphatic heterocycles. The van der Waals surface area contributed by atoms with Crippen molar-refractivity contribution in [2.45, 2.75) is 0 Å². The predicted molar refractivity (Wildman–Crippen MR) is 217 cm³/mol. The molecule has 0 spiro atoms. The molecule has 52 heavy (non-hydrogen) atoms. The van der Waals surface area contributed by atoms with Gasteiger partial charge in [-0.2, -0.15) is 0 Å². The van der Waals surface area contributed by atoms with E-state index >= 15 is 0 Å². The number of rotatable bonds is 4. The Kier molecular flexibility index (Phi) is 6.22. The fourth-order valence-corrected chi connectivity index (χ4v) is 8.16. The van der Waals surface area contributed by atoms with E-state index in [1.165, 1.54) is 54.5 Å². The van der Waals surface area contributed by atoms with Crippen molar-refractivity contribution in [1.82, 2.24) is 19.1 Å². The summed E-state index contributed by atoms with van der Waals surface area (Å²) in [5.74, 6) is 0.657. The lowest BCUT2D eigenvalue weighted by Gasteiger charge is -2.12. The lowest BCUT2D eigenvalue weighted by atomic mass is 10.0. The van der Waals surface area contributed by atoms with Crippen LogP contribution in [0.5, 0.6) is 0 Å². The third-order valence-electron chi connectivity index (χ3n) is 10.5. The molecule has 0 saturated carbocycles. The first kappa shape index (κ1) is 28.8. The normalized spacial score (nSPS) is 11.8. The van der Waals surface area contributed by atoms with Gasteiger partial charge in [-0.1, -0.05) is 140 Å². The van der Waals surface area contributed by atoms with Gasteiger partial charge in [-0.15, -0.1) is 0 Å². The van der Waals surface area contributed by atoms with Gasteiger partial charge >= 0.3 is 0 Å². The van der Waals surface area contributed by atoms with Crippen LogP contribution in [0.1, 0.15) is 0 Å². The summed E-state index contributed by atoms with van der Waals surface area (Å²) in [6.45, 7) is 0. The Morgan fingerprint density at radius 2 is 0.904 bits per heavy atom. The standard InChI is InChI=1S/C48H30N4/c1-2-12-31(13-3-1)33-22-24-34(25-23-33)47-37-16-6-9-19-40(37)49-48(50-47)52-42-21-11-8-18-39(42)46-44(52)29-28-43-45(46)38-17-7-10-20-41(38)51(43)36-27-26-32-14-4-5-15-35(32)30-36/h1-30H. The highest BCUT2D eigenvalue weighted by atomic mass is 15.2. The summed E-state index contributed by atoms with van der Waals surface area (Å²) >= 11 is 0. The van der Waals surface area contributed by atoms with Crippen LogP contribution in [0, 0.1) is 0 Å². The lowest BCUT2D eigenvalue weighted by Crippen LogP contribution is -2.03. The summed E-state index contributed by atoms with van der Waals surface area (Å²) in [7, 11) is 0. The molecule has 0 N–H and O–H groups in total. The third kappa shape index (κ3) is 4.28. The van der Waals surface area contributed by atoms with Crippen molar-refractivity contribution < 1.29 is 0 Å². The van der Waals surface area contributed by atoms with E-state index in [1.807, 2.05) is 0 Å². The van der Waals surface area contributed by atoms with Gasteiger partial charge in [0.15, 0.2) is 0 Å². The van der Waals surface area contributed by atoms with Gasteiger partial charge in [0, 0.05) is 38.2 Å². The smallest absolute Gasteiger partial charge is 0.235 e. The van der Waals surface area contributed by atoms with Gasteiger partial charge in [0.1, 0.15) is 0 Å². The van der Waals surface area contributed by atoms with Crippen molar-refractivity contribution in [2.75, 3.05) is 0 Å². The molecule has 11 aromatic rings. The van der Waals surface area contributed by atoms with E-state index in [9.17, 15) is 0 Å². The molecule has 3 heterocycles. The predicted octanol–water partition coefficient (Wildman–Crippen LogP) is 12.3. The zero-order valence-corrected chi connectivity index (χ0v) is 28.1. The molecule has 3 aromatic heterocycles. The summed E-state index contributed by atoms with van der Waals surface area (Å²) in [5, 5.41) is 8.32. The second-order valence-corrected chi connectivity index (χ2v) is 13.4. The number of hydrogen-bond acceptors (Lipinski definition) is 2. The van der Waals surface area contributed by atoms with Gasteiger partial charge in [-0.25, -0.2) is 9.97 Å². The highest BCUT2D eigenvalue weighted by Crippen LogP contribution is 2.42. The van der Waals surface area contributed by atoms with Gasteiger partial charge < -0.3 is 4.57 Å². The van der Waals surface area contributed by atoms with Crippen molar-refractivity contribution in [3.05, 3.63) is 182 Å². The van der Waals surface area contributed by atoms with Crippen LogP contribution in [0.3, 0.4) is 0 Å². The van der Waals surface area contributed by atoms with Crippen LogP contribution in [-0.4, -0.2) is 19.1 Å². The Hall–Kier alpha value is -7.04. The van der Waals surface area contributed by atoms with E-state index < -0.39 is 0 Å².